The summed E-state index contributed by atoms with van der Waals surface area (Å²) in [5.74, 6) is 1.07. The number of rotatable bonds is 7. The van der Waals surface area contributed by atoms with Gasteiger partial charge in [-0.05, 0) is 36.6 Å². The van der Waals surface area contributed by atoms with Gasteiger partial charge in [0.05, 0.1) is 11.9 Å². The molecule has 3 rings (SSSR count). The molecule has 154 valence electrons. The van der Waals surface area contributed by atoms with E-state index in [4.69, 9.17) is 0 Å². The molecule has 0 unspecified atom stereocenters. The van der Waals surface area contributed by atoms with Gasteiger partial charge in [-0.25, -0.2) is 9.98 Å². The van der Waals surface area contributed by atoms with Gasteiger partial charge in [0, 0.05) is 44.6 Å². The predicted molar refractivity (Wildman–Crippen MR) is 119 cm³/mol. The lowest BCUT2D eigenvalue weighted by Gasteiger charge is -2.30. The van der Waals surface area contributed by atoms with Gasteiger partial charge in [0.15, 0.2) is 12.1 Å². The molecule has 0 radical (unpaired) electrons. The quantitative estimate of drug-likeness (QED) is 0.490. The van der Waals surface area contributed by atoms with E-state index in [1.807, 2.05) is 19.9 Å². The minimum Gasteiger partial charge on any atom is -0.371 e. The number of nitrogens with zero attached hydrogens (tertiary/aromatic N) is 4. The third-order valence-electron chi connectivity index (χ3n) is 4.88. The Labute approximate surface area is 171 Å². The van der Waals surface area contributed by atoms with Crippen molar-refractivity contribution in [1.29, 1.82) is 0 Å². The van der Waals surface area contributed by atoms with E-state index < -0.39 is 0 Å². The molecule has 0 saturated carbocycles. The molecule has 8 heteroatoms. The highest BCUT2D eigenvalue weighted by molar-refractivity contribution is 6.29. The van der Waals surface area contributed by atoms with Gasteiger partial charge in [0.25, 0.3) is 0 Å². The van der Waals surface area contributed by atoms with Crippen molar-refractivity contribution in [2.75, 3.05) is 48.8 Å². The molecule has 1 fully saturated rings. The number of carbonyl (C=O) groups is 1. The lowest BCUT2D eigenvalue weighted by molar-refractivity contribution is -0.102. The van der Waals surface area contributed by atoms with E-state index in [0.717, 1.165) is 38.2 Å². The summed E-state index contributed by atoms with van der Waals surface area (Å²) in [6.45, 7) is 10.0. The zero-order chi connectivity index (χ0) is 20.8. The highest BCUT2D eigenvalue weighted by atomic mass is 16.1. The van der Waals surface area contributed by atoms with E-state index in [-0.39, 0.29) is 5.92 Å². The average molecular weight is 396 g/mol. The van der Waals surface area contributed by atoms with Crippen molar-refractivity contribution in [2.45, 2.75) is 20.8 Å². The van der Waals surface area contributed by atoms with Crippen LogP contribution in [-0.4, -0.2) is 55.2 Å². The number of hydrogen-bond donors (Lipinski definition) is 3. The van der Waals surface area contributed by atoms with Gasteiger partial charge in [0.1, 0.15) is 5.69 Å². The van der Waals surface area contributed by atoms with E-state index in [9.17, 15) is 4.79 Å². The molecule has 0 amide bonds. The van der Waals surface area contributed by atoms with Crippen molar-refractivity contribution in [3.8, 4) is 0 Å². The Bertz CT molecular complexity index is 889. The average Bonchev–Trinajstić information content (AvgIpc) is 2.73. The maximum Gasteiger partial charge on any atom is 0.229 e. The Morgan fingerprint density at radius 2 is 2.07 bits per heavy atom. The van der Waals surface area contributed by atoms with E-state index in [1.165, 1.54) is 11.3 Å². The summed E-state index contributed by atoms with van der Waals surface area (Å²) in [4.78, 5) is 26.9. The molecule has 2 heterocycles. The van der Waals surface area contributed by atoms with Gasteiger partial charge in [-0.1, -0.05) is 13.8 Å². The lowest BCUT2D eigenvalue weighted by atomic mass is 10.1. The molecule has 0 aliphatic carbocycles. The number of carbonyl (C=O) groups excluding carboxylic acids is 1. The van der Waals surface area contributed by atoms with Crippen LogP contribution in [0.5, 0.6) is 0 Å². The largest absolute Gasteiger partial charge is 0.371 e. The summed E-state index contributed by atoms with van der Waals surface area (Å²) in [5, 5.41) is 9.66. The van der Waals surface area contributed by atoms with Crippen LogP contribution in [0, 0.1) is 12.8 Å². The number of aliphatic imine (C=N–C) groups is 1. The third-order valence-corrected chi connectivity index (χ3v) is 4.88. The second-order valence-electron chi connectivity index (χ2n) is 7.35. The summed E-state index contributed by atoms with van der Waals surface area (Å²) in [7, 11) is 1.77. The first-order valence-electron chi connectivity index (χ1n) is 9.93. The number of aromatic nitrogens is 2. The lowest BCUT2D eigenvalue weighted by Crippen LogP contribution is -2.43. The van der Waals surface area contributed by atoms with Crippen molar-refractivity contribution in [2.24, 2.45) is 10.9 Å². The molecular weight excluding hydrogens is 366 g/mol. The maximum absolute atomic E-state index is 11.2. The molecule has 0 bridgehead atoms. The van der Waals surface area contributed by atoms with Crippen molar-refractivity contribution in [1.82, 2.24) is 15.3 Å². The van der Waals surface area contributed by atoms with E-state index in [1.54, 1.807) is 13.2 Å². The van der Waals surface area contributed by atoms with Gasteiger partial charge < -0.3 is 20.9 Å². The van der Waals surface area contributed by atoms with Crippen molar-refractivity contribution in [3.05, 3.63) is 30.0 Å². The maximum atomic E-state index is 11.2. The number of benzene rings is 1. The third kappa shape index (κ3) is 5.08. The Kier molecular flexibility index (Phi) is 6.77. The molecular formula is C21H29N7O. The number of piperazine rings is 1. The number of hydrogen-bond acceptors (Lipinski definition) is 8. The molecule has 1 aromatic heterocycles. The topological polar surface area (TPSA) is 94.5 Å². The Hall–Kier alpha value is -3.00. The van der Waals surface area contributed by atoms with Crippen LogP contribution < -0.4 is 20.9 Å². The fourth-order valence-electron chi connectivity index (χ4n) is 3.25. The van der Waals surface area contributed by atoms with E-state index in [0.29, 0.717) is 23.2 Å². The van der Waals surface area contributed by atoms with Crippen LogP contribution in [0.4, 0.5) is 28.8 Å². The van der Waals surface area contributed by atoms with E-state index in [2.05, 4.69) is 54.9 Å². The molecule has 1 aliphatic heterocycles. The molecule has 2 aromatic rings. The fourth-order valence-corrected chi connectivity index (χ4v) is 3.25. The Balaban J connectivity index is 1.79. The first kappa shape index (κ1) is 20.7. The van der Waals surface area contributed by atoms with Gasteiger partial charge in [-0.2, -0.15) is 4.98 Å². The minimum atomic E-state index is 0.0344. The summed E-state index contributed by atoms with van der Waals surface area (Å²) in [5.41, 5.74) is 4.40. The zero-order valence-corrected chi connectivity index (χ0v) is 17.5. The smallest absolute Gasteiger partial charge is 0.229 e. The SMILES string of the molecule is CNc1nc(Nc2ccc(N3CCNCC3)c(C)c2)ncc1/N=C(\C=O)C(C)C. The fraction of sp³-hybridized carbons (Fsp3) is 0.429. The number of nitrogens with one attached hydrogen (secondary N) is 3. The van der Waals surface area contributed by atoms with Crippen LogP contribution in [0.2, 0.25) is 0 Å². The van der Waals surface area contributed by atoms with Crippen molar-refractivity contribution < 1.29 is 4.79 Å². The second-order valence-corrected chi connectivity index (χ2v) is 7.35. The van der Waals surface area contributed by atoms with Gasteiger partial charge in [-0.15, -0.1) is 0 Å². The molecule has 0 atom stereocenters. The molecule has 29 heavy (non-hydrogen) atoms. The first-order valence-corrected chi connectivity index (χ1v) is 9.93. The summed E-state index contributed by atoms with van der Waals surface area (Å²) in [6.07, 6.45) is 2.40. The monoisotopic (exact) mass is 395 g/mol. The molecule has 1 aliphatic rings. The minimum absolute atomic E-state index is 0.0344. The summed E-state index contributed by atoms with van der Waals surface area (Å²) in [6, 6.07) is 6.29. The summed E-state index contributed by atoms with van der Waals surface area (Å²) >= 11 is 0. The first-order chi connectivity index (χ1) is 14.0. The predicted octanol–water partition coefficient (Wildman–Crippen LogP) is 2.91. The van der Waals surface area contributed by atoms with Crippen LogP contribution in [0.3, 0.4) is 0 Å². The van der Waals surface area contributed by atoms with Crippen LogP contribution >= 0.6 is 0 Å². The second kappa shape index (κ2) is 9.47. The Morgan fingerprint density at radius 3 is 2.69 bits per heavy atom. The normalized spacial score (nSPS) is 14.8. The number of aldehydes is 1. The van der Waals surface area contributed by atoms with Crippen molar-refractivity contribution in [3.63, 3.8) is 0 Å². The zero-order valence-electron chi connectivity index (χ0n) is 17.5. The van der Waals surface area contributed by atoms with Gasteiger partial charge in [-0.3, -0.25) is 4.79 Å². The van der Waals surface area contributed by atoms with Crippen molar-refractivity contribution >= 4 is 40.8 Å². The van der Waals surface area contributed by atoms with Crippen LogP contribution in [0.25, 0.3) is 0 Å². The molecule has 1 saturated heterocycles. The van der Waals surface area contributed by atoms with E-state index >= 15 is 0 Å². The van der Waals surface area contributed by atoms with Crippen LogP contribution in [0.15, 0.2) is 29.4 Å². The van der Waals surface area contributed by atoms with Gasteiger partial charge >= 0.3 is 0 Å². The molecule has 0 spiro atoms. The molecule has 8 nitrogen and oxygen atoms in total. The number of anilines is 4. The molecule has 1 aromatic carbocycles. The van der Waals surface area contributed by atoms with Crippen LogP contribution in [0.1, 0.15) is 19.4 Å². The summed E-state index contributed by atoms with van der Waals surface area (Å²) < 4.78 is 0. The van der Waals surface area contributed by atoms with Gasteiger partial charge in [0.2, 0.25) is 5.95 Å². The molecule has 3 N–H and O–H groups in total. The highest BCUT2D eigenvalue weighted by Crippen LogP contribution is 2.27. The standard InChI is InChI=1S/C21H29N7O/c1-14(2)18(13-29)26-17-12-24-21(27-20(17)22-4)25-16-5-6-19(15(3)11-16)28-9-7-23-8-10-28/h5-6,11-14,23H,7-10H2,1-4H3,(H2,22,24,25,27)/b26-18+. The number of aryl methyl sites for hydroxylation is 1. The highest BCUT2D eigenvalue weighted by Gasteiger charge is 2.13. The van der Waals surface area contributed by atoms with Crippen LogP contribution in [-0.2, 0) is 4.79 Å². The Morgan fingerprint density at radius 1 is 1.31 bits per heavy atom.